The van der Waals surface area contributed by atoms with Crippen molar-refractivity contribution in [3.05, 3.63) is 29.8 Å². The van der Waals surface area contributed by atoms with Crippen molar-refractivity contribution in [2.24, 2.45) is 11.8 Å². The molecule has 0 spiro atoms. The maximum absolute atomic E-state index is 11.2. The molecular formula is C20H31NO3. The maximum Gasteiger partial charge on any atom is 0.307 e. The second-order valence-electron chi connectivity index (χ2n) is 8.12. The molecule has 1 fully saturated rings. The lowest BCUT2D eigenvalue weighted by Gasteiger charge is -2.34. The van der Waals surface area contributed by atoms with Crippen LogP contribution in [-0.2, 0) is 10.2 Å². The van der Waals surface area contributed by atoms with Crippen LogP contribution in [0.1, 0.15) is 46.1 Å². The van der Waals surface area contributed by atoms with E-state index >= 15 is 0 Å². The molecule has 0 amide bonds. The monoisotopic (exact) mass is 333 g/mol. The van der Waals surface area contributed by atoms with Gasteiger partial charge in [-0.25, -0.2) is 0 Å². The second kappa shape index (κ2) is 8.02. The van der Waals surface area contributed by atoms with E-state index in [0.29, 0.717) is 19.1 Å². The van der Waals surface area contributed by atoms with Crippen molar-refractivity contribution < 1.29 is 14.6 Å². The highest BCUT2D eigenvalue weighted by Gasteiger charge is 2.28. The Bertz CT molecular complexity index is 550. The fraction of sp³-hybridized carbons (Fsp3) is 0.650. The third-order valence-corrected chi connectivity index (χ3v) is 4.67. The molecule has 24 heavy (non-hydrogen) atoms. The van der Waals surface area contributed by atoms with E-state index in [2.05, 4.69) is 44.7 Å². The average molecular weight is 333 g/mol. The number of carboxylic acid groups (broad SMARTS) is 1. The summed E-state index contributed by atoms with van der Waals surface area (Å²) < 4.78 is 5.89. The first-order valence-corrected chi connectivity index (χ1v) is 8.94. The van der Waals surface area contributed by atoms with Gasteiger partial charge in [-0.05, 0) is 41.9 Å². The lowest BCUT2D eigenvalue weighted by molar-refractivity contribution is -0.144. The summed E-state index contributed by atoms with van der Waals surface area (Å²) >= 11 is 0. The highest BCUT2D eigenvalue weighted by Crippen LogP contribution is 2.26. The molecule has 1 aliphatic rings. The van der Waals surface area contributed by atoms with E-state index in [9.17, 15) is 9.90 Å². The summed E-state index contributed by atoms with van der Waals surface area (Å²) in [4.78, 5) is 13.5. The molecular weight excluding hydrogens is 302 g/mol. The number of hydrogen-bond donors (Lipinski definition) is 1. The minimum Gasteiger partial charge on any atom is -0.494 e. The molecule has 2 unspecified atom stereocenters. The normalized spacial score (nSPS) is 22.3. The first-order valence-electron chi connectivity index (χ1n) is 8.94. The Labute approximate surface area is 145 Å². The Morgan fingerprint density at radius 2 is 2.08 bits per heavy atom. The Hall–Kier alpha value is -1.55. The van der Waals surface area contributed by atoms with E-state index in [1.54, 1.807) is 0 Å². The summed E-state index contributed by atoms with van der Waals surface area (Å²) in [6.07, 6.45) is 1.71. The van der Waals surface area contributed by atoms with Crippen molar-refractivity contribution >= 4 is 5.97 Å². The predicted octanol–water partition coefficient (Wildman–Crippen LogP) is 3.80. The van der Waals surface area contributed by atoms with Crippen molar-refractivity contribution in [1.82, 2.24) is 4.90 Å². The van der Waals surface area contributed by atoms with Crippen LogP contribution in [0.3, 0.4) is 0 Å². The number of rotatable bonds is 6. The van der Waals surface area contributed by atoms with Gasteiger partial charge in [-0.1, -0.05) is 39.8 Å². The van der Waals surface area contributed by atoms with Gasteiger partial charge >= 0.3 is 5.97 Å². The summed E-state index contributed by atoms with van der Waals surface area (Å²) in [5.74, 6) is 0.474. The SMILES string of the molecule is CC1CC(C(=O)O)CN(CCCOc2cccc(C(C)(C)C)c2)C1. The van der Waals surface area contributed by atoms with Gasteiger partial charge in [0.2, 0.25) is 0 Å². The van der Waals surface area contributed by atoms with Gasteiger partial charge < -0.3 is 14.7 Å². The predicted molar refractivity (Wildman–Crippen MR) is 96.6 cm³/mol. The summed E-state index contributed by atoms with van der Waals surface area (Å²) in [6, 6.07) is 8.29. The minimum atomic E-state index is -0.665. The quantitative estimate of drug-likeness (QED) is 0.805. The molecule has 1 heterocycles. The third kappa shape index (κ3) is 5.52. The van der Waals surface area contributed by atoms with Crippen LogP contribution in [0.15, 0.2) is 24.3 Å². The fourth-order valence-corrected chi connectivity index (χ4v) is 3.35. The Morgan fingerprint density at radius 1 is 1.33 bits per heavy atom. The molecule has 0 radical (unpaired) electrons. The number of nitrogens with zero attached hydrogens (tertiary/aromatic N) is 1. The van der Waals surface area contributed by atoms with E-state index in [4.69, 9.17) is 4.74 Å². The standard InChI is InChI=1S/C20H31NO3/c1-15-11-16(19(22)23)14-21(13-15)9-6-10-24-18-8-5-7-17(12-18)20(2,3)4/h5,7-8,12,15-16H,6,9-11,13-14H2,1-4H3,(H,22,23). The number of hydrogen-bond acceptors (Lipinski definition) is 3. The molecule has 0 saturated carbocycles. The minimum absolute atomic E-state index is 0.120. The molecule has 0 aromatic heterocycles. The lowest BCUT2D eigenvalue weighted by atomic mass is 9.87. The summed E-state index contributed by atoms with van der Waals surface area (Å²) in [6.45, 7) is 11.9. The van der Waals surface area contributed by atoms with Gasteiger partial charge in [0.05, 0.1) is 12.5 Å². The third-order valence-electron chi connectivity index (χ3n) is 4.67. The second-order valence-corrected chi connectivity index (χ2v) is 8.12. The molecule has 4 nitrogen and oxygen atoms in total. The highest BCUT2D eigenvalue weighted by molar-refractivity contribution is 5.70. The Balaban J connectivity index is 1.78. The average Bonchev–Trinajstić information content (AvgIpc) is 2.50. The van der Waals surface area contributed by atoms with Crippen LogP contribution in [-0.4, -0.2) is 42.2 Å². The molecule has 2 atom stereocenters. The number of likely N-dealkylation sites (tertiary alicyclic amines) is 1. The van der Waals surface area contributed by atoms with Gasteiger partial charge in [-0.2, -0.15) is 0 Å². The summed E-state index contributed by atoms with van der Waals surface area (Å²) in [7, 11) is 0. The first kappa shape index (κ1) is 18.8. The van der Waals surface area contributed by atoms with E-state index < -0.39 is 5.97 Å². The zero-order valence-corrected chi connectivity index (χ0v) is 15.4. The Kier molecular flexibility index (Phi) is 6.27. The van der Waals surface area contributed by atoms with Crippen LogP contribution in [0.2, 0.25) is 0 Å². The van der Waals surface area contributed by atoms with Crippen LogP contribution < -0.4 is 4.74 Å². The molecule has 0 aliphatic carbocycles. The zero-order chi connectivity index (χ0) is 17.7. The van der Waals surface area contributed by atoms with Crippen LogP contribution in [0, 0.1) is 11.8 Å². The first-order chi connectivity index (χ1) is 11.3. The molecule has 2 rings (SSSR count). The summed E-state index contributed by atoms with van der Waals surface area (Å²) in [5, 5.41) is 9.23. The summed E-state index contributed by atoms with van der Waals surface area (Å²) in [5.41, 5.74) is 1.39. The van der Waals surface area contributed by atoms with E-state index in [-0.39, 0.29) is 11.3 Å². The van der Waals surface area contributed by atoms with Gasteiger partial charge in [0.15, 0.2) is 0 Å². The molecule has 1 aliphatic heterocycles. The zero-order valence-electron chi connectivity index (χ0n) is 15.4. The van der Waals surface area contributed by atoms with E-state index in [1.165, 1.54) is 5.56 Å². The fourth-order valence-electron chi connectivity index (χ4n) is 3.35. The van der Waals surface area contributed by atoms with Crippen molar-refractivity contribution in [1.29, 1.82) is 0 Å². The van der Waals surface area contributed by atoms with Crippen LogP contribution in [0.25, 0.3) is 0 Å². The van der Waals surface area contributed by atoms with Gasteiger partial charge in [0.25, 0.3) is 0 Å². The number of ether oxygens (including phenoxy) is 1. The van der Waals surface area contributed by atoms with E-state index in [0.717, 1.165) is 31.7 Å². The topological polar surface area (TPSA) is 49.8 Å². The largest absolute Gasteiger partial charge is 0.494 e. The lowest BCUT2D eigenvalue weighted by Crippen LogP contribution is -2.43. The highest BCUT2D eigenvalue weighted by atomic mass is 16.5. The number of benzene rings is 1. The number of piperidine rings is 1. The van der Waals surface area contributed by atoms with Gasteiger partial charge in [0, 0.05) is 19.6 Å². The van der Waals surface area contributed by atoms with Crippen molar-refractivity contribution in [3.63, 3.8) is 0 Å². The van der Waals surface area contributed by atoms with Crippen molar-refractivity contribution in [3.8, 4) is 5.75 Å². The molecule has 4 heteroatoms. The van der Waals surface area contributed by atoms with Crippen molar-refractivity contribution in [2.45, 2.75) is 46.0 Å². The van der Waals surface area contributed by atoms with E-state index in [1.807, 2.05) is 12.1 Å². The molecule has 1 saturated heterocycles. The molecule has 1 aromatic rings. The van der Waals surface area contributed by atoms with Crippen LogP contribution >= 0.6 is 0 Å². The molecule has 1 aromatic carbocycles. The molecule has 134 valence electrons. The maximum atomic E-state index is 11.2. The number of carbonyl (C=O) groups is 1. The van der Waals surface area contributed by atoms with Crippen LogP contribution in [0.4, 0.5) is 0 Å². The smallest absolute Gasteiger partial charge is 0.307 e. The Morgan fingerprint density at radius 3 is 2.75 bits per heavy atom. The molecule has 0 bridgehead atoms. The van der Waals surface area contributed by atoms with Gasteiger partial charge in [-0.15, -0.1) is 0 Å². The number of carboxylic acids is 1. The van der Waals surface area contributed by atoms with Crippen molar-refractivity contribution in [2.75, 3.05) is 26.2 Å². The van der Waals surface area contributed by atoms with Gasteiger partial charge in [0.1, 0.15) is 5.75 Å². The van der Waals surface area contributed by atoms with Crippen LogP contribution in [0.5, 0.6) is 5.75 Å². The van der Waals surface area contributed by atoms with Gasteiger partial charge in [-0.3, -0.25) is 4.79 Å². The number of aliphatic carboxylic acids is 1. The molecule has 1 N–H and O–H groups in total.